The Morgan fingerprint density at radius 3 is 2.47 bits per heavy atom. The molecule has 3 nitrogen and oxygen atoms in total. The van der Waals surface area contributed by atoms with E-state index in [2.05, 4.69) is 15.9 Å². The minimum absolute atomic E-state index is 0.413. The van der Waals surface area contributed by atoms with Crippen LogP contribution in [0.4, 0.5) is 27.6 Å². The maximum Gasteiger partial charge on any atom is 0.336 e. The second-order valence-electron chi connectivity index (χ2n) is 3.51. The standard InChI is InChI=1S/C10H7BrF5NO2/c11-6-4(8(18)19)1-2-5(7(6)12)17-3-10(15,16)9(13)14/h1-2,9,17H,3H2,(H,18,19). The zero-order valence-electron chi connectivity index (χ0n) is 9.06. The van der Waals surface area contributed by atoms with Crippen LogP contribution in [0.25, 0.3) is 0 Å². The van der Waals surface area contributed by atoms with E-state index in [1.165, 1.54) is 0 Å². The van der Waals surface area contributed by atoms with E-state index >= 15 is 0 Å². The molecule has 1 rings (SSSR count). The van der Waals surface area contributed by atoms with Crippen molar-refractivity contribution in [3.8, 4) is 0 Å². The van der Waals surface area contributed by atoms with Gasteiger partial charge in [0.05, 0.1) is 22.3 Å². The molecule has 0 bridgehead atoms. The molecule has 19 heavy (non-hydrogen) atoms. The fourth-order valence-electron chi connectivity index (χ4n) is 1.14. The highest BCUT2D eigenvalue weighted by Gasteiger charge is 2.40. The Morgan fingerprint density at radius 2 is 2.00 bits per heavy atom. The van der Waals surface area contributed by atoms with Gasteiger partial charge in [-0.1, -0.05) is 0 Å². The number of carbonyl (C=O) groups is 1. The highest BCUT2D eigenvalue weighted by atomic mass is 79.9. The maximum atomic E-state index is 13.6. The SMILES string of the molecule is O=C(O)c1ccc(NCC(F)(F)C(F)F)c(F)c1Br. The number of hydrogen-bond donors (Lipinski definition) is 2. The monoisotopic (exact) mass is 347 g/mol. The van der Waals surface area contributed by atoms with Crippen molar-refractivity contribution in [2.75, 3.05) is 11.9 Å². The first-order valence-corrected chi connectivity index (χ1v) is 5.57. The molecule has 0 spiro atoms. The van der Waals surface area contributed by atoms with Crippen LogP contribution in [0.15, 0.2) is 16.6 Å². The summed E-state index contributed by atoms with van der Waals surface area (Å²) in [5.41, 5.74) is -0.916. The van der Waals surface area contributed by atoms with Crippen molar-refractivity contribution in [2.45, 2.75) is 12.3 Å². The van der Waals surface area contributed by atoms with Gasteiger partial charge in [0.15, 0.2) is 5.82 Å². The number of alkyl halides is 4. The maximum absolute atomic E-state index is 13.6. The van der Waals surface area contributed by atoms with Gasteiger partial charge in [-0.05, 0) is 28.1 Å². The van der Waals surface area contributed by atoms with E-state index in [1.54, 1.807) is 0 Å². The van der Waals surface area contributed by atoms with Crippen molar-refractivity contribution < 1.29 is 31.9 Å². The van der Waals surface area contributed by atoms with Gasteiger partial charge in [0.1, 0.15) is 0 Å². The molecule has 9 heteroatoms. The number of nitrogens with one attached hydrogen (secondary N) is 1. The first-order valence-electron chi connectivity index (χ1n) is 4.78. The van der Waals surface area contributed by atoms with E-state index in [0.717, 1.165) is 12.1 Å². The highest BCUT2D eigenvalue weighted by molar-refractivity contribution is 9.10. The average molecular weight is 348 g/mol. The fourth-order valence-corrected chi connectivity index (χ4v) is 1.66. The first-order chi connectivity index (χ1) is 8.66. The highest BCUT2D eigenvalue weighted by Crippen LogP contribution is 2.29. The van der Waals surface area contributed by atoms with Gasteiger partial charge in [-0.2, -0.15) is 8.78 Å². The molecule has 0 aliphatic carbocycles. The third kappa shape index (κ3) is 3.55. The van der Waals surface area contributed by atoms with Gasteiger partial charge < -0.3 is 10.4 Å². The van der Waals surface area contributed by atoms with E-state index in [1.807, 2.05) is 5.32 Å². The number of rotatable bonds is 5. The number of hydrogen-bond acceptors (Lipinski definition) is 2. The Labute approximate surface area is 112 Å². The number of benzene rings is 1. The molecule has 0 aliphatic heterocycles. The largest absolute Gasteiger partial charge is 0.478 e. The molecule has 0 heterocycles. The lowest BCUT2D eigenvalue weighted by molar-refractivity contribution is -0.117. The first kappa shape index (κ1) is 15.7. The molecule has 106 valence electrons. The number of carboxylic acid groups (broad SMARTS) is 1. The predicted molar refractivity (Wildman–Crippen MR) is 60.5 cm³/mol. The molecule has 0 aliphatic rings. The summed E-state index contributed by atoms with van der Waals surface area (Å²) in [5, 5.41) is 10.5. The Balaban J connectivity index is 2.93. The van der Waals surface area contributed by atoms with E-state index < -0.39 is 46.4 Å². The van der Waals surface area contributed by atoms with Crippen LogP contribution >= 0.6 is 15.9 Å². The topological polar surface area (TPSA) is 49.3 Å². The van der Waals surface area contributed by atoms with Crippen LogP contribution in [-0.4, -0.2) is 30.0 Å². The van der Waals surface area contributed by atoms with E-state index in [9.17, 15) is 26.7 Å². The lowest BCUT2D eigenvalue weighted by Crippen LogP contribution is -2.35. The lowest BCUT2D eigenvalue weighted by Gasteiger charge is -2.17. The smallest absolute Gasteiger partial charge is 0.336 e. The molecule has 0 aromatic heterocycles. The molecule has 0 unspecified atom stereocenters. The Bertz CT molecular complexity index is 495. The molecule has 0 radical (unpaired) electrons. The quantitative estimate of drug-likeness (QED) is 0.800. The number of anilines is 1. The minimum atomic E-state index is -4.32. The van der Waals surface area contributed by atoms with Crippen molar-refractivity contribution in [1.82, 2.24) is 0 Å². The van der Waals surface area contributed by atoms with Crippen LogP contribution < -0.4 is 5.32 Å². The van der Waals surface area contributed by atoms with Crippen LogP contribution in [-0.2, 0) is 0 Å². The van der Waals surface area contributed by atoms with Gasteiger partial charge >= 0.3 is 18.3 Å². The van der Waals surface area contributed by atoms with Crippen LogP contribution in [0.3, 0.4) is 0 Å². The molecule has 1 aromatic rings. The summed E-state index contributed by atoms with van der Waals surface area (Å²) in [5.74, 6) is -6.88. The second-order valence-corrected chi connectivity index (χ2v) is 4.30. The van der Waals surface area contributed by atoms with Crippen molar-refractivity contribution in [3.05, 3.63) is 28.0 Å². The summed E-state index contributed by atoms with van der Waals surface area (Å²) < 4.78 is 62.2. The molecular weight excluding hydrogens is 341 g/mol. The Morgan fingerprint density at radius 1 is 1.42 bits per heavy atom. The Hall–Kier alpha value is -1.38. The molecule has 0 saturated heterocycles. The summed E-state index contributed by atoms with van der Waals surface area (Å²) in [6, 6.07) is 1.84. The minimum Gasteiger partial charge on any atom is -0.478 e. The van der Waals surface area contributed by atoms with Gasteiger partial charge in [0.25, 0.3) is 0 Å². The van der Waals surface area contributed by atoms with Crippen LogP contribution in [0, 0.1) is 5.82 Å². The lowest BCUT2D eigenvalue weighted by atomic mass is 10.2. The summed E-state index contributed by atoms with van der Waals surface area (Å²) in [4.78, 5) is 10.7. The zero-order chi connectivity index (χ0) is 14.8. The summed E-state index contributed by atoms with van der Waals surface area (Å²) in [6.45, 7) is -1.47. The van der Waals surface area contributed by atoms with Crippen LogP contribution in [0.1, 0.15) is 10.4 Å². The van der Waals surface area contributed by atoms with E-state index in [0.29, 0.717) is 0 Å². The van der Waals surface area contributed by atoms with Crippen molar-refractivity contribution in [2.24, 2.45) is 0 Å². The van der Waals surface area contributed by atoms with Crippen molar-refractivity contribution in [1.29, 1.82) is 0 Å². The van der Waals surface area contributed by atoms with Gasteiger partial charge in [0.2, 0.25) is 0 Å². The van der Waals surface area contributed by atoms with Crippen LogP contribution in [0.5, 0.6) is 0 Å². The zero-order valence-corrected chi connectivity index (χ0v) is 10.6. The molecule has 0 saturated carbocycles. The normalized spacial score (nSPS) is 11.7. The van der Waals surface area contributed by atoms with Gasteiger partial charge in [-0.3, -0.25) is 0 Å². The van der Waals surface area contributed by atoms with Crippen molar-refractivity contribution in [3.63, 3.8) is 0 Å². The molecule has 0 atom stereocenters. The molecule has 1 aromatic carbocycles. The summed E-state index contributed by atoms with van der Waals surface area (Å²) in [6.07, 6.45) is -3.88. The van der Waals surface area contributed by atoms with Gasteiger partial charge in [0, 0.05) is 0 Å². The summed E-state index contributed by atoms with van der Waals surface area (Å²) in [7, 11) is 0. The van der Waals surface area contributed by atoms with E-state index in [-0.39, 0.29) is 0 Å². The van der Waals surface area contributed by atoms with Crippen molar-refractivity contribution >= 4 is 27.6 Å². The third-order valence-corrected chi connectivity index (χ3v) is 2.92. The Kier molecular flexibility index (Phi) is 4.72. The number of carboxylic acids is 1. The molecule has 0 amide bonds. The molecular formula is C10H7BrF5NO2. The second kappa shape index (κ2) is 5.72. The third-order valence-electron chi connectivity index (χ3n) is 2.15. The number of aromatic carboxylic acids is 1. The molecule has 0 fully saturated rings. The predicted octanol–water partition coefficient (Wildman–Crippen LogP) is 3.60. The van der Waals surface area contributed by atoms with Crippen LogP contribution in [0.2, 0.25) is 0 Å². The number of halogens is 6. The fraction of sp³-hybridized carbons (Fsp3) is 0.300. The average Bonchev–Trinajstić information content (AvgIpc) is 2.30. The van der Waals surface area contributed by atoms with Gasteiger partial charge in [-0.25, -0.2) is 18.0 Å². The molecule has 2 N–H and O–H groups in total. The van der Waals surface area contributed by atoms with Gasteiger partial charge in [-0.15, -0.1) is 0 Å². The summed E-state index contributed by atoms with van der Waals surface area (Å²) >= 11 is 2.65. The van der Waals surface area contributed by atoms with E-state index in [4.69, 9.17) is 5.11 Å².